The molecule has 31 heavy (non-hydrogen) atoms. The second-order valence-corrected chi connectivity index (χ2v) is 7.26. The Balaban J connectivity index is 1.31. The lowest BCUT2D eigenvalue weighted by Gasteiger charge is -2.18. The monoisotopic (exact) mass is 419 g/mol. The smallest absolute Gasteiger partial charge is 0.315 e. The summed E-state index contributed by atoms with van der Waals surface area (Å²) in [7, 11) is 0. The van der Waals surface area contributed by atoms with E-state index >= 15 is 0 Å². The molecule has 1 aliphatic rings. The molecule has 160 valence electrons. The Kier molecular flexibility index (Phi) is 6.33. The average molecular weight is 419 g/mol. The molecule has 2 atom stereocenters. The number of aliphatic hydroxyl groups excluding tert-OH is 1. The number of aromatic nitrogens is 1. The van der Waals surface area contributed by atoms with Crippen LogP contribution in [-0.2, 0) is 13.0 Å². The van der Waals surface area contributed by atoms with E-state index in [1.54, 1.807) is 12.3 Å². The minimum Gasteiger partial charge on any atom is -0.490 e. The van der Waals surface area contributed by atoms with E-state index in [-0.39, 0.29) is 6.03 Å². The number of para-hydroxylation sites is 2. The molecule has 0 fully saturated rings. The van der Waals surface area contributed by atoms with Gasteiger partial charge in [0.1, 0.15) is 0 Å². The fourth-order valence-corrected chi connectivity index (χ4v) is 3.62. The first-order valence-corrected chi connectivity index (χ1v) is 10.3. The zero-order valence-electron chi connectivity index (χ0n) is 17.2. The van der Waals surface area contributed by atoms with Crippen LogP contribution in [-0.4, -0.2) is 28.8 Å². The van der Waals surface area contributed by atoms with Gasteiger partial charge in [-0.25, -0.2) is 9.78 Å². The van der Waals surface area contributed by atoms with Gasteiger partial charge in [0.2, 0.25) is 5.88 Å². The predicted octanol–water partition coefficient (Wildman–Crippen LogP) is 3.73. The van der Waals surface area contributed by atoms with Crippen LogP contribution in [0.5, 0.6) is 17.4 Å². The van der Waals surface area contributed by atoms with E-state index in [0.717, 1.165) is 16.7 Å². The van der Waals surface area contributed by atoms with Crippen molar-refractivity contribution in [1.82, 2.24) is 15.6 Å². The van der Waals surface area contributed by atoms with Crippen LogP contribution in [0.15, 0.2) is 66.9 Å². The summed E-state index contributed by atoms with van der Waals surface area (Å²) in [6.45, 7) is 2.77. The highest BCUT2D eigenvalue weighted by Crippen LogP contribution is 2.31. The number of benzene rings is 2. The summed E-state index contributed by atoms with van der Waals surface area (Å²) in [6, 6.07) is 18.0. The first-order chi connectivity index (χ1) is 15.1. The van der Waals surface area contributed by atoms with Crippen LogP contribution in [0.3, 0.4) is 0 Å². The Morgan fingerprint density at radius 2 is 1.87 bits per heavy atom. The van der Waals surface area contributed by atoms with Gasteiger partial charge in [-0.05, 0) is 35.7 Å². The van der Waals surface area contributed by atoms with Crippen molar-refractivity contribution in [3.05, 3.63) is 83.6 Å². The SMILES string of the molecule is CCOc1ccccc1Oc1ccc(CNC(=O)N[C@@H]2c3ccccc3C[C@@H]2O)cn1. The molecule has 1 aromatic heterocycles. The summed E-state index contributed by atoms with van der Waals surface area (Å²) in [6.07, 6.45) is 1.57. The van der Waals surface area contributed by atoms with Gasteiger partial charge in [-0.2, -0.15) is 0 Å². The molecule has 0 saturated carbocycles. The summed E-state index contributed by atoms with van der Waals surface area (Å²) in [5.74, 6) is 1.69. The molecule has 0 bridgehead atoms. The van der Waals surface area contributed by atoms with Gasteiger partial charge >= 0.3 is 6.03 Å². The molecule has 2 aromatic carbocycles. The first-order valence-electron chi connectivity index (χ1n) is 10.3. The van der Waals surface area contributed by atoms with E-state index in [2.05, 4.69) is 15.6 Å². The fourth-order valence-electron chi connectivity index (χ4n) is 3.62. The molecule has 4 rings (SSSR count). The van der Waals surface area contributed by atoms with Crippen molar-refractivity contribution in [1.29, 1.82) is 0 Å². The highest BCUT2D eigenvalue weighted by Gasteiger charge is 2.31. The summed E-state index contributed by atoms with van der Waals surface area (Å²) < 4.78 is 11.4. The second-order valence-electron chi connectivity index (χ2n) is 7.26. The van der Waals surface area contributed by atoms with Crippen molar-refractivity contribution in [3.8, 4) is 17.4 Å². The predicted molar refractivity (Wildman–Crippen MR) is 116 cm³/mol. The molecule has 1 heterocycles. The molecule has 7 heteroatoms. The Morgan fingerprint density at radius 1 is 1.10 bits per heavy atom. The Hall–Kier alpha value is -3.58. The van der Waals surface area contributed by atoms with E-state index in [4.69, 9.17) is 9.47 Å². The highest BCUT2D eigenvalue weighted by molar-refractivity contribution is 5.74. The Labute approximate surface area is 181 Å². The van der Waals surface area contributed by atoms with Gasteiger partial charge in [-0.3, -0.25) is 0 Å². The molecule has 7 nitrogen and oxygen atoms in total. The van der Waals surface area contributed by atoms with Crippen LogP contribution in [0.2, 0.25) is 0 Å². The minimum absolute atomic E-state index is 0.305. The number of carbonyl (C=O) groups excluding carboxylic acids is 1. The molecule has 0 aliphatic heterocycles. The van der Waals surface area contributed by atoms with Crippen molar-refractivity contribution in [3.63, 3.8) is 0 Å². The molecule has 1 aliphatic carbocycles. The molecule has 2 amide bonds. The number of hydrogen-bond acceptors (Lipinski definition) is 5. The minimum atomic E-state index is -0.624. The molecule has 0 spiro atoms. The quantitative estimate of drug-likeness (QED) is 0.543. The highest BCUT2D eigenvalue weighted by atomic mass is 16.5. The molecule has 0 saturated heterocycles. The van der Waals surface area contributed by atoms with Crippen molar-refractivity contribution in [2.75, 3.05) is 6.61 Å². The van der Waals surface area contributed by atoms with Crippen molar-refractivity contribution in [2.24, 2.45) is 0 Å². The Bertz CT molecular complexity index is 1040. The van der Waals surface area contributed by atoms with Crippen LogP contribution in [0.25, 0.3) is 0 Å². The lowest BCUT2D eigenvalue weighted by Crippen LogP contribution is -2.40. The number of ether oxygens (including phenoxy) is 2. The summed E-state index contributed by atoms with van der Waals surface area (Å²) in [4.78, 5) is 16.7. The number of carbonyl (C=O) groups is 1. The largest absolute Gasteiger partial charge is 0.490 e. The maximum Gasteiger partial charge on any atom is 0.315 e. The van der Waals surface area contributed by atoms with E-state index in [9.17, 15) is 9.90 Å². The van der Waals surface area contributed by atoms with Gasteiger partial charge in [-0.1, -0.05) is 42.5 Å². The number of pyridine rings is 1. The number of rotatable bonds is 7. The summed E-state index contributed by atoms with van der Waals surface area (Å²) in [5.41, 5.74) is 2.85. The van der Waals surface area contributed by atoms with Gasteiger partial charge in [0.15, 0.2) is 11.5 Å². The lowest BCUT2D eigenvalue weighted by molar-refractivity contribution is 0.142. The number of hydrogen-bond donors (Lipinski definition) is 3. The number of nitrogens with one attached hydrogen (secondary N) is 2. The third-order valence-corrected chi connectivity index (χ3v) is 5.10. The van der Waals surface area contributed by atoms with Crippen LogP contribution in [0.4, 0.5) is 4.79 Å². The number of aliphatic hydroxyl groups is 1. The molecule has 0 unspecified atom stereocenters. The standard InChI is InChI=1S/C24H25N3O4/c1-2-30-20-9-5-6-10-21(20)31-22-12-11-16(14-25-22)15-26-24(29)27-23-18-8-4-3-7-17(18)13-19(23)28/h3-12,14,19,23,28H,2,13,15H2,1H3,(H2,26,27,29)/t19-,23+/m0/s1. The van der Waals surface area contributed by atoms with Gasteiger partial charge in [0.05, 0.1) is 18.8 Å². The van der Waals surface area contributed by atoms with Gasteiger partial charge < -0.3 is 25.2 Å². The number of fused-ring (bicyclic) bond motifs is 1. The van der Waals surface area contributed by atoms with E-state index < -0.39 is 12.1 Å². The fraction of sp³-hybridized carbons (Fsp3) is 0.250. The normalized spacial score (nSPS) is 17.0. The van der Waals surface area contributed by atoms with Crippen LogP contribution < -0.4 is 20.1 Å². The molecule has 0 radical (unpaired) electrons. The van der Waals surface area contributed by atoms with Gasteiger partial charge in [-0.15, -0.1) is 0 Å². The molecular formula is C24H25N3O4. The van der Waals surface area contributed by atoms with Gasteiger partial charge in [0.25, 0.3) is 0 Å². The van der Waals surface area contributed by atoms with Crippen LogP contribution >= 0.6 is 0 Å². The topological polar surface area (TPSA) is 92.7 Å². The van der Waals surface area contributed by atoms with E-state index in [0.29, 0.717) is 37.0 Å². The number of amides is 2. The van der Waals surface area contributed by atoms with Crippen LogP contribution in [0, 0.1) is 0 Å². The third-order valence-electron chi connectivity index (χ3n) is 5.10. The second kappa shape index (κ2) is 9.49. The zero-order chi connectivity index (χ0) is 21.6. The van der Waals surface area contributed by atoms with Gasteiger partial charge in [0, 0.05) is 25.2 Å². The van der Waals surface area contributed by atoms with Crippen molar-refractivity contribution < 1.29 is 19.4 Å². The van der Waals surface area contributed by atoms with E-state index in [1.165, 1.54) is 0 Å². The first kappa shape index (κ1) is 20.7. The molecule has 3 aromatic rings. The van der Waals surface area contributed by atoms with Crippen molar-refractivity contribution in [2.45, 2.75) is 32.0 Å². The average Bonchev–Trinajstić information content (AvgIpc) is 3.10. The summed E-state index contributed by atoms with van der Waals surface area (Å²) in [5, 5.41) is 15.9. The van der Waals surface area contributed by atoms with Crippen LogP contribution in [0.1, 0.15) is 29.7 Å². The summed E-state index contributed by atoms with van der Waals surface area (Å²) >= 11 is 0. The zero-order valence-corrected chi connectivity index (χ0v) is 17.2. The lowest BCUT2D eigenvalue weighted by atomic mass is 10.1. The molecule has 3 N–H and O–H groups in total. The maximum absolute atomic E-state index is 12.3. The maximum atomic E-state index is 12.3. The third kappa shape index (κ3) is 4.95. The van der Waals surface area contributed by atoms with Crippen molar-refractivity contribution >= 4 is 6.03 Å². The van der Waals surface area contributed by atoms with E-state index in [1.807, 2.05) is 61.5 Å². The number of nitrogens with zero attached hydrogens (tertiary/aromatic N) is 1. The molecular weight excluding hydrogens is 394 g/mol. The number of urea groups is 1. The Morgan fingerprint density at radius 3 is 2.65 bits per heavy atom.